The van der Waals surface area contributed by atoms with Gasteiger partial charge in [0, 0.05) is 32.1 Å². The summed E-state index contributed by atoms with van der Waals surface area (Å²) in [6.07, 6.45) is 6.36. The summed E-state index contributed by atoms with van der Waals surface area (Å²) in [4.78, 5) is 4.74. The van der Waals surface area contributed by atoms with Gasteiger partial charge in [0.2, 0.25) is 0 Å². The molecule has 25 heavy (non-hydrogen) atoms. The molecule has 134 valence electrons. The van der Waals surface area contributed by atoms with E-state index in [9.17, 15) is 0 Å². The van der Waals surface area contributed by atoms with Crippen molar-refractivity contribution in [2.75, 3.05) is 19.7 Å². The lowest BCUT2D eigenvalue weighted by atomic mass is 10.1. The third kappa shape index (κ3) is 5.32. The minimum Gasteiger partial charge on any atom is -0.376 e. The topological polar surface area (TPSA) is 63.5 Å². The Bertz CT molecular complexity index is 662. The highest BCUT2D eigenvalue weighted by Crippen LogP contribution is 2.12. The maximum Gasteiger partial charge on any atom is 0.191 e. The first kappa shape index (κ1) is 17.5. The van der Waals surface area contributed by atoms with E-state index in [-0.39, 0.29) is 0 Å². The summed E-state index contributed by atoms with van der Waals surface area (Å²) in [7, 11) is 0. The van der Waals surface area contributed by atoms with Crippen molar-refractivity contribution >= 4 is 5.96 Å². The molecule has 6 nitrogen and oxygen atoms in total. The summed E-state index contributed by atoms with van der Waals surface area (Å²) in [6, 6.07) is 10.3. The molecule has 1 saturated heterocycles. The first-order valence-corrected chi connectivity index (χ1v) is 9.03. The normalized spacial score (nSPS) is 17.6. The number of nitrogens with zero attached hydrogens (tertiary/aromatic N) is 3. The predicted octanol–water partition coefficient (Wildman–Crippen LogP) is 2.17. The molecule has 0 bridgehead atoms. The van der Waals surface area contributed by atoms with Gasteiger partial charge in [-0.05, 0) is 37.0 Å². The van der Waals surface area contributed by atoms with Crippen LogP contribution in [0.5, 0.6) is 0 Å². The highest BCUT2D eigenvalue weighted by Gasteiger charge is 2.15. The lowest BCUT2D eigenvalue weighted by Crippen LogP contribution is -2.41. The van der Waals surface area contributed by atoms with E-state index in [2.05, 4.69) is 46.9 Å². The third-order valence-electron chi connectivity index (χ3n) is 4.28. The van der Waals surface area contributed by atoms with Crippen LogP contribution in [0.25, 0.3) is 0 Å². The van der Waals surface area contributed by atoms with Crippen LogP contribution in [0, 0.1) is 0 Å². The fourth-order valence-electron chi connectivity index (χ4n) is 2.96. The quantitative estimate of drug-likeness (QED) is 0.598. The number of hydrogen-bond acceptors (Lipinski definition) is 3. The Kier molecular flexibility index (Phi) is 6.45. The Morgan fingerprint density at radius 1 is 1.28 bits per heavy atom. The molecule has 0 aliphatic carbocycles. The molecule has 1 aliphatic rings. The van der Waals surface area contributed by atoms with Crippen LogP contribution in [0.15, 0.2) is 47.7 Å². The number of benzene rings is 1. The first-order valence-electron chi connectivity index (χ1n) is 9.03. The summed E-state index contributed by atoms with van der Waals surface area (Å²) in [5.41, 5.74) is 2.46. The van der Waals surface area contributed by atoms with Gasteiger partial charge in [0.25, 0.3) is 0 Å². The van der Waals surface area contributed by atoms with Crippen molar-refractivity contribution in [2.24, 2.45) is 4.99 Å². The average Bonchev–Trinajstić information content (AvgIpc) is 3.32. The number of aromatic nitrogens is 2. The molecule has 1 aliphatic heterocycles. The van der Waals surface area contributed by atoms with Gasteiger partial charge in [0.1, 0.15) is 0 Å². The molecular weight excluding hydrogens is 314 g/mol. The van der Waals surface area contributed by atoms with Crippen molar-refractivity contribution < 1.29 is 4.74 Å². The molecule has 1 aromatic heterocycles. The van der Waals surface area contributed by atoms with Crippen molar-refractivity contribution in [3.05, 3.63) is 53.9 Å². The van der Waals surface area contributed by atoms with E-state index in [0.717, 1.165) is 45.0 Å². The molecule has 0 amide bonds. The molecule has 2 heterocycles. The maximum absolute atomic E-state index is 5.67. The van der Waals surface area contributed by atoms with Crippen LogP contribution in [-0.2, 0) is 17.8 Å². The molecule has 0 saturated carbocycles. The smallest absolute Gasteiger partial charge is 0.191 e. The van der Waals surface area contributed by atoms with E-state index in [1.54, 1.807) is 6.20 Å². The predicted molar refractivity (Wildman–Crippen MR) is 99.6 cm³/mol. The van der Waals surface area contributed by atoms with Gasteiger partial charge in [-0.2, -0.15) is 5.10 Å². The number of guanidine groups is 1. The van der Waals surface area contributed by atoms with Crippen LogP contribution in [0.1, 0.15) is 30.9 Å². The minimum absolute atomic E-state index is 0.302. The van der Waals surface area contributed by atoms with Crippen LogP contribution >= 0.6 is 0 Å². The number of hydrogen-bond donors (Lipinski definition) is 2. The van der Waals surface area contributed by atoms with Gasteiger partial charge >= 0.3 is 0 Å². The Labute approximate surface area is 149 Å². The number of aliphatic imine (C=N–C) groups is 1. The van der Waals surface area contributed by atoms with E-state index in [1.807, 2.05) is 16.9 Å². The van der Waals surface area contributed by atoms with Crippen LogP contribution < -0.4 is 10.6 Å². The van der Waals surface area contributed by atoms with Gasteiger partial charge in [0.05, 0.1) is 19.2 Å². The van der Waals surface area contributed by atoms with Gasteiger partial charge < -0.3 is 15.4 Å². The third-order valence-corrected chi connectivity index (χ3v) is 4.28. The summed E-state index contributed by atoms with van der Waals surface area (Å²) in [5, 5.41) is 11.0. The van der Waals surface area contributed by atoms with Gasteiger partial charge in [-0.3, -0.25) is 4.68 Å². The number of ether oxygens (including phenoxy) is 1. The Balaban J connectivity index is 1.63. The molecule has 1 atom stereocenters. The summed E-state index contributed by atoms with van der Waals surface area (Å²) in [6.45, 7) is 6.00. The van der Waals surface area contributed by atoms with Crippen molar-refractivity contribution in [1.29, 1.82) is 0 Å². The van der Waals surface area contributed by atoms with Crippen LogP contribution in [0.3, 0.4) is 0 Å². The lowest BCUT2D eigenvalue weighted by Gasteiger charge is -2.15. The Morgan fingerprint density at radius 2 is 2.16 bits per heavy atom. The zero-order chi connectivity index (χ0) is 17.3. The van der Waals surface area contributed by atoms with Crippen molar-refractivity contribution in [3.63, 3.8) is 0 Å². The lowest BCUT2D eigenvalue weighted by molar-refractivity contribution is 0.114. The summed E-state index contributed by atoms with van der Waals surface area (Å²) < 4.78 is 7.60. The summed E-state index contributed by atoms with van der Waals surface area (Å²) in [5.74, 6) is 0.840. The van der Waals surface area contributed by atoms with Crippen molar-refractivity contribution in [3.8, 4) is 0 Å². The molecule has 2 N–H and O–H groups in total. The molecule has 1 unspecified atom stereocenters. The molecular formula is C19H27N5O. The molecule has 1 fully saturated rings. The molecule has 3 rings (SSSR count). The van der Waals surface area contributed by atoms with Crippen LogP contribution in [0.4, 0.5) is 0 Å². The van der Waals surface area contributed by atoms with Gasteiger partial charge in [-0.25, -0.2) is 4.99 Å². The second-order valence-corrected chi connectivity index (χ2v) is 6.18. The zero-order valence-corrected chi connectivity index (χ0v) is 14.8. The molecule has 1 aromatic carbocycles. The molecule has 2 aromatic rings. The van der Waals surface area contributed by atoms with Crippen LogP contribution in [-0.4, -0.2) is 41.5 Å². The molecule has 0 radical (unpaired) electrons. The Morgan fingerprint density at radius 3 is 2.88 bits per heavy atom. The van der Waals surface area contributed by atoms with Crippen molar-refractivity contribution in [1.82, 2.24) is 20.4 Å². The number of nitrogens with one attached hydrogen (secondary N) is 2. The first-order chi connectivity index (χ1) is 12.3. The molecule has 6 heteroatoms. The summed E-state index contributed by atoms with van der Waals surface area (Å²) >= 11 is 0. The van der Waals surface area contributed by atoms with E-state index < -0.39 is 0 Å². The second kappa shape index (κ2) is 9.22. The maximum atomic E-state index is 5.67. The van der Waals surface area contributed by atoms with Gasteiger partial charge in [-0.15, -0.1) is 0 Å². The SMILES string of the molecule is CCNC(=NCc1ccccc1Cn1cccn1)NCC1CCCO1. The molecule has 0 spiro atoms. The Hall–Kier alpha value is -2.34. The standard InChI is InChI=1S/C19H27N5O/c1-2-20-19(22-14-18-9-5-12-25-18)21-13-16-7-3-4-8-17(16)15-24-11-6-10-23-24/h3-4,6-8,10-11,18H,2,5,9,12-15H2,1H3,(H2,20,21,22). The second-order valence-electron chi connectivity index (χ2n) is 6.18. The highest BCUT2D eigenvalue weighted by atomic mass is 16.5. The van der Waals surface area contributed by atoms with E-state index in [0.29, 0.717) is 12.6 Å². The fourth-order valence-corrected chi connectivity index (χ4v) is 2.96. The van der Waals surface area contributed by atoms with E-state index in [4.69, 9.17) is 9.73 Å². The highest BCUT2D eigenvalue weighted by molar-refractivity contribution is 5.79. The fraction of sp³-hybridized carbons (Fsp3) is 0.474. The van der Waals surface area contributed by atoms with Gasteiger partial charge in [-0.1, -0.05) is 24.3 Å². The zero-order valence-electron chi connectivity index (χ0n) is 14.8. The van der Waals surface area contributed by atoms with Crippen LogP contribution in [0.2, 0.25) is 0 Å². The van der Waals surface area contributed by atoms with E-state index in [1.165, 1.54) is 11.1 Å². The average molecular weight is 341 g/mol. The van der Waals surface area contributed by atoms with E-state index >= 15 is 0 Å². The minimum atomic E-state index is 0.302. The number of rotatable bonds is 7. The van der Waals surface area contributed by atoms with Crippen molar-refractivity contribution in [2.45, 2.75) is 39.0 Å². The largest absolute Gasteiger partial charge is 0.376 e. The van der Waals surface area contributed by atoms with Gasteiger partial charge in [0.15, 0.2) is 5.96 Å². The monoisotopic (exact) mass is 341 g/mol.